The molecular weight excluding hydrogens is 671 g/mol. The second kappa shape index (κ2) is 12.6. The van der Waals surface area contributed by atoms with E-state index >= 15 is 0 Å². The molecule has 0 fully saturated rings. The molecule has 0 unspecified atom stereocenters. The van der Waals surface area contributed by atoms with Crippen molar-refractivity contribution in [2.45, 2.75) is 0 Å². The van der Waals surface area contributed by atoms with E-state index in [4.69, 9.17) is 19.4 Å². The summed E-state index contributed by atoms with van der Waals surface area (Å²) in [5.41, 5.74) is 8.84. The van der Waals surface area contributed by atoms with Crippen LogP contribution in [0, 0.1) is 0 Å². The molecule has 0 aliphatic heterocycles. The second-order valence-corrected chi connectivity index (χ2v) is 14.0. The zero-order valence-electron chi connectivity index (χ0n) is 29.6. The summed E-state index contributed by atoms with van der Waals surface area (Å²) < 4.78 is 6.78. The third-order valence-corrected chi connectivity index (χ3v) is 10.7. The fourth-order valence-corrected chi connectivity index (χ4v) is 8.03. The molecule has 2 heterocycles. The molecule has 0 radical (unpaired) electrons. The van der Waals surface area contributed by atoms with Crippen LogP contribution in [0.2, 0.25) is 0 Å². The van der Waals surface area contributed by atoms with Crippen LogP contribution >= 0.6 is 0 Å². The molecular formula is C51H31N3O. The second-order valence-electron chi connectivity index (χ2n) is 14.0. The van der Waals surface area contributed by atoms with Crippen LogP contribution in [0.3, 0.4) is 0 Å². The van der Waals surface area contributed by atoms with Gasteiger partial charge in [-0.15, -0.1) is 0 Å². The Morgan fingerprint density at radius 2 is 0.709 bits per heavy atom. The number of rotatable bonds is 5. The van der Waals surface area contributed by atoms with Gasteiger partial charge in [0.25, 0.3) is 0 Å². The fourth-order valence-electron chi connectivity index (χ4n) is 8.03. The third-order valence-electron chi connectivity index (χ3n) is 10.7. The van der Waals surface area contributed by atoms with Crippen LogP contribution in [0.4, 0.5) is 0 Å². The molecule has 256 valence electrons. The molecule has 9 aromatic carbocycles. The molecule has 11 aromatic rings. The van der Waals surface area contributed by atoms with Gasteiger partial charge in [0.05, 0.1) is 0 Å². The number of hydrogen-bond donors (Lipinski definition) is 0. The number of aromatic nitrogens is 3. The Labute approximate surface area is 317 Å². The summed E-state index contributed by atoms with van der Waals surface area (Å²) in [4.78, 5) is 15.0. The van der Waals surface area contributed by atoms with Crippen molar-refractivity contribution in [1.29, 1.82) is 0 Å². The number of fused-ring (bicyclic) bond motifs is 9. The van der Waals surface area contributed by atoms with E-state index in [2.05, 4.69) is 152 Å². The van der Waals surface area contributed by atoms with Crippen molar-refractivity contribution in [1.82, 2.24) is 15.0 Å². The van der Waals surface area contributed by atoms with Gasteiger partial charge in [-0.25, -0.2) is 15.0 Å². The maximum absolute atomic E-state index is 6.78. The van der Waals surface area contributed by atoms with Crippen molar-refractivity contribution >= 4 is 54.3 Å². The van der Waals surface area contributed by atoms with Gasteiger partial charge in [0.1, 0.15) is 11.2 Å². The Kier molecular flexibility index (Phi) is 7.14. The van der Waals surface area contributed by atoms with Crippen molar-refractivity contribution in [3.05, 3.63) is 188 Å². The van der Waals surface area contributed by atoms with Gasteiger partial charge in [0, 0.05) is 33.0 Å². The average molecular weight is 702 g/mol. The van der Waals surface area contributed by atoms with Crippen LogP contribution in [0.5, 0.6) is 0 Å². The number of para-hydroxylation sites is 1. The quantitative estimate of drug-likeness (QED) is 0.168. The van der Waals surface area contributed by atoms with E-state index in [0.29, 0.717) is 17.5 Å². The molecule has 0 atom stereocenters. The summed E-state index contributed by atoms with van der Waals surface area (Å²) in [5.74, 6) is 1.83. The van der Waals surface area contributed by atoms with E-state index in [9.17, 15) is 0 Å². The highest BCUT2D eigenvalue weighted by atomic mass is 16.3. The zero-order chi connectivity index (χ0) is 36.3. The van der Waals surface area contributed by atoms with E-state index < -0.39 is 0 Å². The smallest absolute Gasteiger partial charge is 0.164 e. The number of benzene rings is 9. The van der Waals surface area contributed by atoms with Crippen LogP contribution in [0.15, 0.2) is 192 Å². The first kappa shape index (κ1) is 31.1. The van der Waals surface area contributed by atoms with E-state index in [1.807, 2.05) is 36.4 Å². The van der Waals surface area contributed by atoms with Gasteiger partial charge in [-0.05, 0) is 67.2 Å². The van der Waals surface area contributed by atoms with Crippen molar-refractivity contribution in [2.75, 3.05) is 0 Å². The van der Waals surface area contributed by atoms with Gasteiger partial charge in [-0.2, -0.15) is 0 Å². The average Bonchev–Trinajstić information content (AvgIpc) is 3.65. The molecule has 4 nitrogen and oxygen atoms in total. The monoisotopic (exact) mass is 701 g/mol. The molecule has 4 heteroatoms. The van der Waals surface area contributed by atoms with Crippen molar-refractivity contribution < 1.29 is 4.42 Å². The van der Waals surface area contributed by atoms with Gasteiger partial charge in [-0.1, -0.05) is 170 Å². The van der Waals surface area contributed by atoms with Crippen LogP contribution in [-0.4, -0.2) is 15.0 Å². The lowest BCUT2D eigenvalue weighted by molar-refractivity contribution is 0.670. The molecule has 0 bridgehead atoms. The van der Waals surface area contributed by atoms with Gasteiger partial charge in [0.2, 0.25) is 0 Å². The molecule has 0 amide bonds. The molecule has 0 N–H and O–H groups in total. The normalized spacial score (nSPS) is 11.6. The van der Waals surface area contributed by atoms with Crippen molar-refractivity contribution in [3.8, 4) is 56.4 Å². The van der Waals surface area contributed by atoms with Gasteiger partial charge in [0.15, 0.2) is 17.5 Å². The molecule has 0 saturated heterocycles. The van der Waals surface area contributed by atoms with Gasteiger partial charge >= 0.3 is 0 Å². The maximum atomic E-state index is 6.78. The number of nitrogens with zero attached hydrogens (tertiary/aromatic N) is 3. The SMILES string of the molecule is c1ccc(-c2ccc(-c3nc(-c4ccccc4)nc(-c4ccc5c(c4)oc4c(-c6ccc7c8ccccc8c8ccccc8c7c6)cccc45)n3)cc2)cc1. The van der Waals surface area contributed by atoms with E-state index in [1.165, 1.54) is 37.9 Å². The first-order valence-electron chi connectivity index (χ1n) is 18.5. The standard InChI is InChI=1S/C51H31N3O/c1-3-12-32(13-4-1)33-22-24-35(25-23-33)50-52-49(34-14-5-2-6-15-34)53-51(54-50)37-27-29-44-45-21-11-20-38(48(45)55-47(44)31-37)36-26-28-43-41-18-8-7-16-39(41)40-17-9-10-19-42(40)46(43)30-36/h1-31H. The number of furan rings is 1. The first-order chi connectivity index (χ1) is 27.2. The van der Waals surface area contributed by atoms with E-state index in [1.54, 1.807) is 0 Å². The summed E-state index contributed by atoms with van der Waals surface area (Å²) in [6, 6.07) is 65.7. The molecule has 11 rings (SSSR count). The highest BCUT2D eigenvalue weighted by Gasteiger charge is 2.17. The van der Waals surface area contributed by atoms with E-state index in [0.717, 1.165) is 55.3 Å². The zero-order valence-corrected chi connectivity index (χ0v) is 29.6. The molecule has 0 saturated carbocycles. The Morgan fingerprint density at radius 3 is 1.36 bits per heavy atom. The van der Waals surface area contributed by atoms with Crippen LogP contribution in [-0.2, 0) is 0 Å². The van der Waals surface area contributed by atoms with Crippen LogP contribution < -0.4 is 0 Å². The largest absolute Gasteiger partial charge is 0.455 e. The summed E-state index contributed by atoms with van der Waals surface area (Å²) in [6.45, 7) is 0. The summed E-state index contributed by atoms with van der Waals surface area (Å²) in [6.07, 6.45) is 0. The fraction of sp³-hybridized carbons (Fsp3) is 0. The Hall–Kier alpha value is -7.43. The predicted octanol–water partition coefficient (Wildman–Crippen LogP) is 13.6. The van der Waals surface area contributed by atoms with Crippen LogP contribution in [0.25, 0.3) is 111 Å². The molecule has 0 aliphatic carbocycles. The lowest BCUT2D eigenvalue weighted by Crippen LogP contribution is -2.00. The minimum atomic E-state index is 0.590. The van der Waals surface area contributed by atoms with Gasteiger partial charge < -0.3 is 4.42 Å². The van der Waals surface area contributed by atoms with E-state index in [-0.39, 0.29) is 0 Å². The Balaban J connectivity index is 1.04. The lowest BCUT2D eigenvalue weighted by atomic mass is 9.92. The summed E-state index contributed by atoms with van der Waals surface area (Å²) in [7, 11) is 0. The summed E-state index contributed by atoms with van der Waals surface area (Å²) in [5, 5.41) is 9.65. The third kappa shape index (κ3) is 5.26. The topological polar surface area (TPSA) is 51.8 Å². The molecule has 0 aliphatic rings. The first-order valence-corrected chi connectivity index (χ1v) is 18.5. The maximum Gasteiger partial charge on any atom is 0.164 e. The minimum Gasteiger partial charge on any atom is -0.455 e. The van der Waals surface area contributed by atoms with Crippen LogP contribution in [0.1, 0.15) is 0 Å². The van der Waals surface area contributed by atoms with Crippen molar-refractivity contribution in [2.24, 2.45) is 0 Å². The molecule has 2 aromatic heterocycles. The molecule has 55 heavy (non-hydrogen) atoms. The lowest BCUT2D eigenvalue weighted by Gasteiger charge is -2.12. The highest BCUT2D eigenvalue weighted by molar-refractivity contribution is 6.26. The highest BCUT2D eigenvalue weighted by Crippen LogP contribution is 2.41. The Morgan fingerprint density at radius 1 is 0.273 bits per heavy atom. The minimum absolute atomic E-state index is 0.590. The molecule has 0 spiro atoms. The summed E-state index contributed by atoms with van der Waals surface area (Å²) >= 11 is 0. The predicted molar refractivity (Wildman–Crippen MR) is 227 cm³/mol. The Bertz CT molecular complexity index is 3210. The number of hydrogen-bond acceptors (Lipinski definition) is 4. The van der Waals surface area contributed by atoms with Gasteiger partial charge in [-0.3, -0.25) is 0 Å². The van der Waals surface area contributed by atoms with Crippen molar-refractivity contribution in [3.63, 3.8) is 0 Å².